The SMILES string of the molecule is CCOc1ccc(CC(=O)N2CCN(c3cc(C)n4cnnc4n3)CC2)cc1. The van der Waals surface area contributed by atoms with Crippen LogP contribution in [0.1, 0.15) is 18.2 Å². The van der Waals surface area contributed by atoms with Crippen LogP contribution in [0.5, 0.6) is 5.75 Å². The summed E-state index contributed by atoms with van der Waals surface area (Å²) < 4.78 is 7.31. The zero-order valence-corrected chi connectivity index (χ0v) is 16.2. The van der Waals surface area contributed by atoms with E-state index < -0.39 is 0 Å². The molecule has 0 unspecified atom stereocenters. The molecule has 0 aliphatic carbocycles. The molecule has 0 saturated carbocycles. The second-order valence-corrected chi connectivity index (χ2v) is 6.88. The Bertz CT molecular complexity index is 960. The summed E-state index contributed by atoms with van der Waals surface area (Å²) >= 11 is 0. The monoisotopic (exact) mass is 380 g/mol. The average molecular weight is 380 g/mol. The number of aromatic nitrogens is 4. The predicted octanol–water partition coefficient (Wildman–Crippen LogP) is 1.72. The quantitative estimate of drug-likeness (QED) is 0.671. The van der Waals surface area contributed by atoms with Crippen molar-refractivity contribution in [2.24, 2.45) is 0 Å². The number of amides is 1. The molecule has 8 heteroatoms. The minimum absolute atomic E-state index is 0.154. The van der Waals surface area contributed by atoms with Crippen molar-refractivity contribution in [2.75, 3.05) is 37.7 Å². The molecule has 1 amide bonds. The van der Waals surface area contributed by atoms with Gasteiger partial charge in [0, 0.05) is 37.9 Å². The first kappa shape index (κ1) is 18.2. The maximum absolute atomic E-state index is 12.7. The number of aryl methyl sites for hydroxylation is 1. The van der Waals surface area contributed by atoms with E-state index in [1.54, 1.807) is 6.33 Å². The second-order valence-electron chi connectivity index (χ2n) is 6.88. The molecule has 1 aromatic carbocycles. The van der Waals surface area contributed by atoms with Gasteiger partial charge in [-0.25, -0.2) is 0 Å². The van der Waals surface area contributed by atoms with Crippen LogP contribution in [0.2, 0.25) is 0 Å². The van der Waals surface area contributed by atoms with Gasteiger partial charge in [0.1, 0.15) is 17.9 Å². The van der Waals surface area contributed by atoms with Gasteiger partial charge in [0.25, 0.3) is 5.78 Å². The van der Waals surface area contributed by atoms with E-state index in [2.05, 4.69) is 20.1 Å². The van der Waals surface area contributed by atoms with Gasteiger partial charge in [-0.1, -0.05) is 12.1 Å². The van der Waals surface area contributed by atoms with Gasteiger partial charge in [0.05, 0.1) is 13.0 Å². The fourth-order valence-corrected chi connectivity index (χ4v) is 3.45. The predicted molar refractivity (Wildman–Crippen MR) is 106 cm³/mol. The van der Waals surface area contributed by atoms with Crippen molar-refractivity contribution in [3.05, 3.63) is 47.9 Å². The Kier molecular flexibility index (Phi) is 5.10. The first-order chi connectivity index (χ1) is 13.6. The Morgan fingerprint density at radius 1 is 1.14 bits per heavy atom. The first-order valence-electron chi connectivity index (χ1n) is 9.56. The minimum atomic E-state index is 0.154. The number of anilines is 1. The van der Waals surface area contributed by atoms with Crippen molar-refractivity contribution in [1.82, 2.24) is 24.5 Å². The third-order valence-corrected chi connectivity index (χ3v) is 5.01. The highest BCUT2D eigenvalue weighted by Gasteiger charge is 2.22. The van der Waals surface area contributed by atoms with Crippen molar-refractivity contribution in [2.45, 2.75) is 20.3 Å². The number of carbonyl (C=O) groups is 1. The van der Waals surface area contributed by atoms with Crippen molar-refractivity contribution in [1.29, 1.82) is 0 Å². The van der Waals surface area contributed by atoms with E-state index in [0.29, 0.717) is 31.9 Å². The van der Waals surface area contributed by atoms with Crippen LogP contribution in [-0.4, -0.2) is 63.2 Å². The van der Waals surface area contributed by atoms with E-state index >= 15 is 0 Å². The molecule has 0 atom stereocenters. The van der Waals surface area contributed by atoms with Crippen LogP contribution in [0.25, 0.3) is 5.78 Å². The molecule has 1 aliphatic heterocycles. The molecule has 1 fully saturated rings. The summed E-state index contributed by atoms with van der Waals surface area (Å²) in [4.78, 5) is 21.4. The lowest BCUT2D eigenvalue weighted by molar-refractivity contribution is -0.130. The van der Waals surface area contributed by atoms with Gasteiger partial charge in [0.15, 0.2) is 0 Å². The summed E-state index contributed by atoms with van der Waals surface area (Å²) in [7, 11) is 0. The number of benzene rings is 1. The molecule has 8 nitrogen and oxygen atoms in total. The molecule has 0 radical (unpaired) electrons. The van der Waals surface area contributed by atoms with E-state index in [9.17, 15) is 4.79 Å². The molecule has 1 aliphatic rings. The fraction of sp³-hybridized carbons (Fsp3) is 0.400. The molecule has 0 bridgehead atoms. The topological polar surface area (TPSA) is 75.9 Å². The second kappa shape index (κ2) is 7.84. The van der Waals surface area contributed by atoms with E-state index in [-0.39, 0.29) is 5.91 Å². The molecule has 4 rings (SSSR count). The van der Waals surface area contributed by atoms with Gasteiger partial charge >= 0.3 is 0 Å². The normalized spacial score (nSPS) is 14.5. The molecule has 28 heavy (non-hydrogen) atoms. The third kappa shape index (κ3) is 3.76. The number of piperazine rings is 1. The molecule has 146 valence electrons. The number of hydrogen-bond donors (Lipinski definition) is 0. The van der Waals surface area contributed by atoms with Crippen LogP contribution in [0, 0.1) is 6.92 Å². The van der Waals surface area contributed by atoms with Crippen molar-refractivity contribution >= 4 is 17.5 Å². The van der Waals surface area contributed by atoms with Gasteiger partial charge < -0.3 is 14.5 Å². The van der Waals surface area contributed by atoms with Crippen LogP contribution in [0.3, 0.4) is 0 Å². The van der Waals surface area contributed by atoms with Gasteiger partial charge in [-0.2, -0.15) is 4.98 Å². The summed E-state index contributed by atoms with van der Waals surface area (Å²) in [6, 6.07) is 9.78. The van der Waals surface area contributed by atoms with Crippen molar-refractivity contribution < 1.29 is 9.53 Å². The Morgan fingerprint density at radius 2 is 1.89 bits per heavy atom. The van der Waals surface area contributed by atoms with E-state index in [0.717, 1.165) is 35.9 Å². The number of ether oxygens (including phenoxy) is 1. The molecule has 2 aromatic heterocycles. The molecular weight excluding hydrogens is 356 g/mol. The van der Waals surface area contributed by atoms with Gasteiger partial charge in [-0.05, 0) is 31.5 Å². The van der Waals surface area contributed by atoms with Gasteiger partial charge in [0.2, 0.25) is 5.91 Å². The number of carbonyl (C=O) groups excluding carboxylic acids is 1. The third-order valence-electron chi connectivity index (χ3n) is 5.01. The summed E-state index contributed by atoms with van der Waals surface area (Å²) in [5.74, 6) is 2.47. The Labute approximate surface area is 163 Å². The minimum Gasteiger partial charge on any atom is -0.494 e. The molecule has 1 saturated heterocycles. The molecular formula is C20H24N6O2. The lowest BCUT2D eigenvalue weighted by atomic mass is 10.1. The van der Waals surface area contributed by atoms with Crippen LogP contribution < -0.4 is 9.64 Å². The number of fused-ring (bicyclic) bond motifs is 1. The van der Waals surface area contributed by atoms with Crippen molar-refractivity contribution in [3.8, 4) is 5.75 Å². The first-order valence-corrected chi connectivity index (χ1v) is 9.56. The maximum atomic E-state index is 12.7. The number of nitrogens with zero attached hydrogens (tertiary/aromatic N) is 6. The fourth-order valence-electron chi connectivity index (χ4n) is 3.45. The standard InChI is InChI=1S/C20H24N6O2/c1-3-28-17-6-4-16(5-7-17)13-19(27)25-10-8-24(9-11-25)18-12-15(2)26-14-21-23-20(26)22-18/h4-7,12,14H,3,8-11,13H2,1-2H3. The summed E-state index contributed by atoms with van der Waals surface area (Å²) in [5.41, 5.74) is 2.05. The zero-order valence-electron chi connectivity index (χ0n) is 16.2. The highest BCUT2D eigenvalue weighted by molar-refractivity contribution is 5.79. The van der Waals surface area contributed by atoms with Crippen LogP contribution in [0.15, 0.2) is 36.7 Å². The van der Waals surface area contributed by atoms with E-state index in [4.69, 9.17) is 4.74 Å². The van der Waals surface area contributed by atoms with Crippen LogP contribution in [-0.2, 0) is 11.2 Å². The largest absolute Gasteiger partial charge is 0.494 e. The molecule has 3 heterocycles. The number of rotatable bonds is 5. The van der Waals surface area contributed by atoms with Crippen molar-refractivity contribution in [3.63, 3.8) is 0 Å². The summed E-state index contributed by atoms with van der Waals surface area (Å²) in [5, 5.41) is 7.95. The smallest absolute Gasteiger partial charge is 0.256 e. The Morgan fingerprint density at radius 3 is 2.61 bits per heavy atom. The maximum Gasteiger partial charge on any atom is 0.256 e. The lowest BCUT2D eigenvalue weighted by Crippen LogP contribution is -2.49. The number of hydrogen-bond acceptors (Lipinski definition) is 6. The van der Waals surface area contributed by atoms with Crippen LogP contribution in [0.4, 0.5) is 5.82 Å². The highest BCUT2D eigenvalue weighted by Crippen LogP contribution is 2.18. The van der Waals surface area contributed by atoms with Gasteiger partial charge in [-0.15, -0.1) is 10.2 Å². The Balaban J connectivity index is 1.35. The molecule has 0 N–H and O–H groups in total. The average Bonchev–Trinajstić information content (AvgIpc) is 3.19. The molecule has 3 aromatic rings. The van der Waals surface area contributed by atoms with Crippen LogP contribution >= 0.6 is 0 Å². The van der Waals surface area contributed by atoms with Gasteiger partial charge in [-0.3, -0.25) is 9.20 Å². The van der Waals surface area contributed by atoms with E-state index in [1.807, 2.05) is 53.5 Å². The molecule has 0 spiro atoms. The highest BCUT2D eigenvalue weighted by atomic mass is 16.5. The summed E-state index contributed by atoms with van der Waals surface area (Å²) in [6.07, 6.45) is 2.08. The Hall–Kier alpha value is -3.16. The zero-order chi connectivity index (χ0) is 19.5. The van der Waals surface area contributed by atoms with E-state index in [1.165, 1.54) is 0 Å². The summed E-state index contributed by atoms with van der Waals surface area (Å²) in [6.45, 7) is 7.50. The lowest BCUT2D eigenvalue weighted by Gasteiger charge is -2.35.